The summed E-state index contributed by atoms with van der Waals surface area (Å²) in [5, 5.41) is 3.27. The number of thioether (sulfide) groups is 1. The molecule has 0 saturated carbocycles. The Morgan fingerprint density at radius 2 is 2.40 bits per heavy atom. The first-order chi connectivity index (χ1) is 7.27. The zero-order valence-electron chi connectivity index (χ0n) is 9.00. The molecule has 0 bridgehead atoms. The van der Waals surface area contributed by atoms with Gasteiger partial charge in [0.1, 0.15) is 5.69 Å². The normalized spacial score (nSPS) is 10.3. The molecule has 0 unspecified atom stereocenters. The number of carbonyl (C=O) groups excluding carboxylic acids is 1. The van der Waals surface area contributed by atoms with Crippen LogP contribution in [0.5, 0.6) is 0 Å². The number of nitrogens with one attached hydrogen (secondary N) is 2. The van der Waals surface area contributed by atoms with E-state index in [1.165, 1.54) is 7.11 Å². The Labute approximate surface area is 93.8 Å². The van der Waals surface area contributed by atoms with Gasteiger partial charge in [0.05, 0.1) is 7.11 Å². The van der Waals surface area contributed by atoms with Crippen LogP contribution in [0.3, 0.4) is 0 Å². The van der Waals surface area contributed by atoms with Crippen LogP contribution >= 0.6 is 11.8 Å². The molecule has 0 fully saturated rings. The minimum absolute atomic E-state index is 0.328. The zero-order valence-corrected chi connectivity index (χ0v) is 9.82. The van der Waals surface area contributed by atoms with E-state index < -0.39 is 0 Å². The highest BCUT2D eigenvalue weighted by molar-refractivity contribution is 7.98. The van der Waals surface area contributed by atoms with Gasteiger partial charge >= 0.3 is 5.97 Å². The first kappa shape index (κ1) is 12.1. The van der Waals surface area contributed by atoms with Crippen molar-refractivity contribution in [3.05, 3.63) is 23.5 Å². The number of hydrogen-bond donors (Lipinski definition) is 2. The second-order valence-electron chi connectivity index (χ2n) is 3.06. The molecule has 84 valence electrons. The largest absolute Gasteiger partial charge is 0.464 e. The summed E-state index contributed by atoms with van der Waals surface area (Å²) in [6.45, 7) is 1.71. The number of esters is 1. The third kappa shape index (κ3) is 3.97. The van der Waals surface area contributed by atoms with Gasteiger partial charge in [-0.1, -0.05) is 0 Å². The molecule has 1 aromatic heterocycles. The standard InChI is InChI=1S/C10H16N2O2S/c1-14-10(13)9-4-3-8(12-9)7-11-5-6-15-2/h3-4,11-12H,5-7H2,1-2H3. The van der Waals surface area contributed by atoms with Crippen molar-refractivity contribution in [3.63, 3.8) is 0 Å². The van der Waals surface area contributed by atoms with Crippen LogP contribution in [0.1, 0.15) is 16.2 Å². The summed E-state index contributed by atoms with van der Waals surface area (Å²) in [5.41, 5.74) is 1.50. The summed E-state index contributed by atoms with van der Waals surface area (Å²) in [7, 11) is 1.37. The second kappa shape index (κ2) is 6.53. The van der Waals surface area contributed by atoms with Gasteiger partial charge in [-0.25, -0.2) is 4.79 Å². The van der Waals surface area contributed by atoms with Crippen molar-refractivity contribution < 1.29 is 9.53 Å². The summed E-state index contributed by atoms with van der Waals surface area (Å²) < 4.78 is 4.60. The van der Waals surface area contributed by atoms with Crippen molar-refractivity contribution >= 4 is 17.7 Å². The van der Waals surface area contributed by atoms with Crippen LogP contribution in [0.2, 0.25) is 0 Å². The van der Waals surface area contributed by atoms with E-state index in [1.54, 1.807) is 17.8 Å². The van der Waals surface area contributed by atoms with E-state index in [2.05, 4.69) is 21.3 Å². The Hall–Kier alpha value is -0.940. The molecule has 1 aromatic rings. The fourth-order valence-corrected chi connectivity index (χ4v) is 1.52. The molecular formula is C10H16N2O2S. The molecule has 0 aliphatic rings. The molecule has 0 radical (unpaired) electrons. The quantitative estimate of drug-likeness (QED) is 0.568. The second-order valence-corrected chi connectivity index (χ2v) is 4.04. The number of hydrogen-bond acceptors (Lipinski definition) is 4. The maximum absolute atomic E-state index is 11.1. The van der Waals surface area contributed by atoms with Gasteiger partial charge in [0.25, 0.3) is 0 Å². The van der Waals surface area contributed by atoms with Gasteiger partial charge in [-0.3, -0.25) is 0 Å². The number of aromatic nitrogens is 1. The molecule has 4 nitrogen and oxygen atoms in total. The van der Waals surface area contributed by atoms with Crippen LogP contribution in [0, 0.1) is 0 Å². The topological polar surface area (TPSA) is 54.1 Å². The summed E-state index contributed by atoms with van der Waals surface area (Å²) in [6, 6.07) is 3.62. The van der Waals surface area contributed by atoms with E-state index in [0.717, 1.165) is 24.5 Å². The number of carbonyl (C=O) groups is 1. The number of aromatic amines is 1. The Morgan fingerprint density at radius 1 is 1.60 bits per heavy atom. The molecule has 1 heterocycles. The lowest BCUT2D eigenvalue weighted by Crippen LogP contribution is -2.16. The molecule has 1 rings (SSSR count). The fraction of sp³-hybridized carbons (Fsp3) is 0.500. The molecule has 0 aliphatic heterocycles. The van der Waals surface area contributed by atoms with Crippen LogP contribution in [-0.2, 0) is 11.3 Å². The number of H-pyrrole nitrogens is 1. The van der Waals surface area contributed by atoms with Crippen LogP contribution in [0.15, 0.2) is 12.1 Å². The molecule has 0 aliphatic carbocycles. The van der Waals surface area contributed by atoms with Crippen molar-refractivity contribution in [2.45, 2.75) is 6.54 Å². The maximum atomic E-state index is 11.1. The predicted molar refractivity (Wildman–Crippen MR) is 62.2 cm³/mol. The lowest BCUT2D eigenvalue weighted by atomic mass is 10.4. The van der Waals surface area contributed by atoms with E-state index in [4.69, 9.17) is 0 Å². The highest BCUT2D eigenvalue weighted by Crippen LogP contribution is 2.03. The summed E-state index contributed by atoms with van der Waals surface area (Å²) in [4.78, 5) is 14.1. The van der Waals surface area contributed by atoms with E-state index in [1.807, 2.05) is 6.07 Å². The predicted octanol–water partition coefficient (Wildman–Crippen LogP) is 1.25. The van der Waals surface area contributed by atoms with Crippen molar-refractivity contribution in [2.24, 2.45) is 0 Å². The van der Waals surface area contributed by atoms with Crippen molar-refractivity contribution in [2.75, 3.05) is 25.7 Å². The molecule has 0 atom stereocenters. The highest BCUT2D eigenvalue weighted by atomic mass is 32.2. The third-order valence-corrected chi connectivity index (χ3v) is 2.56. The van der Waals surface area contributed by atoms with Crippen molar-refractivity contribution in [1.29, 1.82) is 0 Å². The summed E-state index contributed by atoms with van der Waals surface area (Å²) in [6.07, 6.45) is 2.08. The van der Waals surface area contributed by atoms with Gasteiger partial charge in [0.2, 0.25) is 0 Å². The van der Waals surface area contributed by atoms with Crippen molar-refractivity contribution in [3.8, 4) is 0 Å². The Balaban J connectivity index is 2.36. The molecule has 15 heavy (non-hydrogen) atoms. The Morgan fingerprint density at radius 3 is 3.07 bits per heavy atom. The zero-order chi connectivity index (χ0) is 11.1. The van der Waals surface area contributed by atoms with Gasteiger partial charge < -0.3 is 15.0 Å². The van der Waals surface area contributed by atoms with Gasteiger partial charge in [0, 0.05) is 24.5 Å². The first-order valence-electron chi connectivity index (χ1n) is 4.73. The minimum Gasteiger partial charge on any atom is -0.464 e. The van der Waals surface area contributed by atoms with Crippen LogP contribution in [0.4, 0.5) is 0 Å². The Bertz CT molecular complexity index is 312. The molecule has 0 amide bonds. The minimum atomic E-state index is -0.328. The van der Waals surface area contributed by atoms with Gasteiger partial charge in [-0.05, 0) is 18.4 Å². The van der Waals surface area contributed by atoms with E-state index in [-0.39, 0.29) is 5.97 Å². The van der Waals surface area contributed by atoms with Gasteiger partial charge in [-0.15, -0.1) is 0 Å². The smallest absolute Gasteiger partial charge is 0.354 e. The van der Waals surface area contributed by atoms with Crippen LogP contribution in [0.25, 0.3) is 0 Å². The molecular weight excluding hydrogens is 212 g/mol. The average Bonchev–Trinajstić information content (AvgIpc) is 2.72. The first-order valence-corrected chi connectivity index (χ1v) is 6.13. The molecule has 2 N–H and O–H groups in total. The highest BCUT2D eigenvalue weighted by Gasteiger charge is 2.06. The maximum Gasteiger partial charge on any atom is 0.354 e. The SMILES string of the molecule is COC(=O)c1ccc(CNCCSC)[nH]1. The number of rotatable bonds is 6. The van der Waals surface area contributed by atoms with Crippen LogP contribution < -0.4 is 5.32 Å². The lowest BCUT2D eigenvalue weighted by molar-refractivity contribution is 0.0594. The summed E-state index contributed by atoms with van der Waals surface area (Å²) in [5.74, 6) is 0.759. The third-order valence-electron chi connectivity index (χ3n) is 1.95. The van der Waals surface area contributed by atoms with Gasteiger partial charge in [-0.2, -0.15) is 11.8 Å². The average molecular weight is 228 g/mol. The van der Waals surface area contributed by atoms with E-state index >= 15 is 0 Å². The Kier molecular flexibility index (Phi) is 5.28. The molecule has 0 saturated heterocycles. The molecule has 0 aromatic carbocycles. The van der Waals surface area contributed by atoms with Crippen molar-refractivity contribution in [1.82, 2.24) is 10.3 Å². The number of ether oxygens (including phenoxy) is 1. The molecule has 5 heteroatoms. The number of methoxy groups -OCH3 is 1. The lowest BCUT2D eigenvalue weighted by Gasteiger charge is -2.01. The van der Waals surface area contributed by atoms with Gasteiger partial charge in [0.15, 0.2) is 0 Å². The fourth-order valence-electron chi connectivity index (χ4n) is 1.17. The van der Waals surface area contributed by atoms with Crippen LogP contribution in [-0.4, -0.2) is 36.6 Å². The monoisotopic (exact) mass is 228 g/mol. The summed E-state index contributed by atoms with van der Waals surface area (Å²) >= 11 is 1.80. The van der Waals surface area contributed by atoms with E-state index in [0.29, 0.717) is 5.69 Å². The molecule has 0 spiro atoms. The van der Waals surface area contributed by atoms with E-state index in [9.17, 15) is 4.79 Å².